The third-order valence-corrected chi connectivity index (χ3v) is 5.03. The highest BCUT2D eigenvalue weighted by atomic mass is 16.5. The lowest BCUT2D eigenvalue weighted by Crippen LogP contribution is -2.53. The molecule has 4 atom stereocenters. The Labute approximate surface area is 127 Å². The lowest BCUT2D eigenvalue weighted by atomic mass is 9.92. The van der Waals surface area contributed by atoms with Crippen molar-refractivity contribution in [3.05, 3.63) is 0 Å². The fourth-order valence-electron chi connectivity index (χ4n) is 3.72. The highest BCUT2D eigenvalue weighted by molar-refractivity contribution is 5.74. The van der Waals surface area contributed by atoms with Crippen LogP contribution in [0.1, 0.15) is 57.8 Å². The predicted molar refractivity (Wildman–Crippen MR) is 82.2 cm³/mol. The van der Waals surface area contributed by atoms with Gasteiger partial charge in [-0.05, 0) is 25.7 Å². The van der Waals surface area contributed by atoms with Crippen molar-refractivity contribution in [2.75, 3.05) is 13.7 Å². The second-order valence-corrected chi connectivity index (χ2v) is 6.47. The molecule has 4 unspecified atom stereocenters. The van der Waals surface area contributed by atoms with Crippen LogP contribution >= 0.6 is 0 Å². The molecule has 21 heavy (non-hydrogen) atoms. The van der Waals surface area contributed by atoms with Crippen molar-refractivity contribution < 1.29 is 14.6 Å². The Balaban J connectivity index is 1.84. The smallest absolute Gasteiger partial charge is 0.315 e. The van der Waals surface area contributed by atoms with Crippen LogP contribution < -0.4 is 10.6 Å². The molecular formula is C16H30N2O3. The fourth-order valence-corrected chi connectivity index (χ4v) is 3.72. The van der Waals surface area contributed by atoms with Gasteiger partial charge in [-0.3, -0.25) is 0 Å². The van der Waals surface area contributed by atoms with E-state index in [2.05, 4.69) is 10.6 Å². The molecule has 0 aromatic heterocycles. The maximum absolute atomic E-state index is 12.3. The predicted octanol–water partition coefficient (Wildman–Crippen LogP) is 2.18. The molecular weight excluding hydrogens is 268 g/mol. The quantitative estimate of drug-likeness (QED) is 0.697. The Morgan fingerprint density at radius 3 is 2.38 bits per heavy atom. The molecule has 3 N–H and O–H groups in total. The van der Waals surface area contributed by atoms with Gasteiger partial charge in [0, 0.05) is 25.7 Å². The van der Waals surface area contributed by atoms with Gasteiger partial charge < -0.3 is 20.5 Å². The largest absolute Gasteiger partial charge is 0.396 e. The topological polar surface area (TPSA) is 70.6 Å². The second-order valence-electron chi connectivity index (χ2n) is 6.47. The minimum absolute atomic E-state index is 0.0992. The molecule has 2 rings (SSSR count). The number of amides is 2. The molecule has 0 spiro atoms. The van der Waals surface area contributed by atoms with Crippen LogP contribution in [0.4, 0.5) is 4.79 Å². The van der Waals surface area contributed by atoms with Crippen molar-refractivity contribution in [3.63, 3.8) is 0 Å². The summed E-state index contributed by atoms with van der Waals surface area (Å²) in [5.74, 6) is 0.197. The summed E-state index contributed by atoms with van der Waals surface area (Å²) in [7, 11) is 1.72. The maximum atomic E-state index is 12.3. The van der Waals surface area contributed by atoms with Gasteiger partial charge in [-0.25, -0.2) is 4.79 Å². The van der Waals surface area contributed by atoms with Crippen LogP contribution in [0.25, 0.3) is 0 Å². The van der Waals surface area contributed by atoms with Crippen molar-refractivity contribution in [1.29, 1.82) is 0 Å². The molecule has 2 saturated carbocycles. The standard InChI is InChI=1S/C16H30N2O3/c1-21-15-10-6-5-9-14(15)18-16(20)17-13-8-4-2-3-7-12(13)11-19/h12-15,19H,2-11H2,1H3,(H2,17,18,20). The second kappa shape index (κ2) is 8.59. The molecule has 0 aromatic rings. The first-order valence-electron chi connectivity index (χ1n) is 8.45. The zero-order chi connectivity index (χ0) is 15.1. The van der Waals surface area contributed by atoms with Gasteiger partial charge in [0.25, 0.3) is 0 Å². The lowest BCUT2D eigenvalue weighted by molar-refractivity contribution is 0.0448. The Morgan fingerprint density at radius 1 is 1.00 bits per heavy atom. The normalized spacial score (nSPS) is 34.0. The first-order valence-corrected chi connectivity index (χ1v) is 8.45. The summed E-state index contributed by atoms with van der Waals surface area (Å²) in [6, 6.07) is 0.110. The molecule has 0 aromatic carbocycles. The van der Waals surface area contributed by atoms with Gasteiger partial charge in [0.05, 0.1) is 12.1 Å². The van der Waals surface area contributed by atoms with Crippen LogP contribution in [0, 0.1) is 5.92 Å². The number of carbonyl (C=O) groups is 1. The van der Waals surface area contributed by atoms with Crippen LogP contribution in [0.3, 0.4) is 0 Å². The average molecular weight is 298 g/mol. The number of carbonyl (C=O) groups excluding carboxylic acids is 1. The summed E-state index contributed by atoms with van der Waals surface area (Å²) in [5, 5.41) is 15.7. The molecule has 2 aliphatic rings. The fraction of sp³-hybridized carbons (Fsp3) is 0.938. The van der Waals surface area contributed by atoms with E-state index >= 15 is 0 Å². The molecule has 0 saturated heterocycles. The van der Waals surface area contributed by atoms with Crippen molar-refractivity contribution in [2.45, 2.75) is 76.0 Å². The van der Waals surface area contributed by atoms with Gasteiger partial charge in [0.1, 0.15) is 0 Å². The molecule has 5 heteroatoms. The van der Waals surface area contributed by atoms with Crippen LogP contribution in [-0.4, -0.2) is 43.0 Å². The van der Waals surface area contributed by atoms with Gasteiger partial charge >= 0.3 is 6.03 Å². The number of aliphatic hydroxyl groups is 1. The van der Waals surface area contributed by atoms with E-state index in [1.165, 1.54) is 12.8 Å². The molecule has 0 aliphatic heterocycles. The van der Waals surface area contributed by atoms with E-state index in [0.717, 1.165) is 44.9 Å². The van der Waals surface area contributed by atoms with E-state index in [1.807, 2.05) is 0 Å². The Morgan fingerprint density at radius 2 is 1.62 bits per heavy atom. The maximum Gasteiger partial charge on any atom is 0.315 e. The summed E-state index contributed by atoms with van der Waals surface area (Å²) in [6.07, 6.45) is 9.91. The van der Waals surface area contributed by atoms with Gasteiger partial charge in [-0.1, -0.05) is 32.1 Å². The van der Waals surface area contributed by atoms with Crippen LogP contribution in [-0.2, 0) is 4.74 Å². The number of urea groups is 1. The molecule has 122 valence electrons. The third-order valence-electron chi connectivity index (χ3n) is 5.03. The first kappa shape index (κ1) is 16.6. The number of rotatable bonds is 4. The minimum atomic E-state index is -0.103. The Hall–Kier alpha value is -0.810. The van der Waals surface area contributed by atoms with Crippen molar-refractivity contribution >= 4 is 6.03 Å². The van der Waals surface area contributed by atoms with Crippen molar-refractivity contribution in [2.24, 2.45) is 5.92 Å². The highest BCUT2D eigenvalue weighted by Crippen LogP contribution is 2.24. The monoisotopic (exact) mass is 298 g/mol. The highest BCUT2D eigenvalue weighted by Gasteiger charge is 2.29. The van der Waals surface area contributed by atoms with Crippen LogP contribution in [0.15, 0.2) is 0 Å². The SMILES string of the molecule is COC1CCCCC1NC(=O)NC1CCCCCC1CO. The first-order chi connectivity index (χ1) is 10.2. The van der Waals surface area contributed by atoms with E-state index < -0.39 is 0 Å². The van der Waals surface area contributed by atoms with Crippen molar-refractivity contribution in [3.8, 4) is 0 Å². The molecule has 0 heterocycles. The van der Waals surface area contributed by atoms with Crippen LogP contribution in [0.2, 0.25) is 0 Å². The summed E-state index contributed by atoms with van der Waals surface area (Å²) in [6.45, 7) is 0.162. The summed E-state index contributed by atoms with van der Waals surface area (Å²) >= 11 is 0. The minimum Gasteiger partial charge on any atom is -0.396 e. The Bertz CT molecular complexity index is 325. The number of ether oxygens (including phenoxy) is 1. The zero-order valence-corrected chi connectivity index (χ0v) is 13.1. The number of hydrogen-bond acceptors (Lipinski definition) is 3. The third kappa shape index (κ3) is 4.85. The molecule has 0 bridgehead atoms. The molecule has 0 radical (unpaired) electrons. The summed E-state index contributed by atoms with van der Waals surface area (Å²) in [4.78, 5) is 12.3. The van der Waals surface area contributed by atoms with Gasteiger partial charge in [0.2, 0.25) is 0 Å². The summed E-state index contributed by atoms with van der Waals surface area (Å²) < 4.78 is 5.47. The molecule has 2 aliphatic carbocycles. The number of methoxy groups -OCH3 is 1. The summed E-state index contributed by atoms with van der Waals surface area (Å²) in [5.41, 5.74) is 0. The molecule has 5 nitrogen and oxygen atoms in total. The number of nitrogens with one attached hydrogen (secondary N) is 2. The van der Waals surface area contributed by atoms with Crippen LogP contribution in [0.5, 0.6) is 0 Å². The number of aliphatic hydroxyl groups excluding tert-OH is 1. The lowest BCUT2D eigenvalue weighted by Gasteiger charge is -2.32. The molecule has 2 amide bonds. The van der Waals surface area contributed by atoms with Crippen molar-refractivity contribution in [1.82, 2.24) is 10.6 Å². The van der Waals surface area contributed by atoms with E-state index in [1.54, 1.807) is 7.11 Å². The average Bonchev–Trinajstić information content (AvgIpc) is 2.72. The van der Waals surface area contributed by atoms with Gasteiger partial charge in [0.15, 0.2) is 0 Å². The zero-order valence-electron chi connectivity index (χ0n) is 13.1. The Kier molecular flexibility index (Phi) is 6.77. The van der Waals surface area contributed by atoms with Gasteiger partial charge in [-0.15, -0.1) is 0 Å². The number of hydrogen-bond donors (Lipinski definition) is 3. The van der Waals surface area contributed by atoms with E-state index in [0.29, 0.717) is 0 Å². The van der Waals surface area contributed by atoms with Gasteiger partial charge in [-0.2, -0.15) is 0 Å². The molecule has 2 fully saturated rings. The van der Waals surface area contributed by atoms with E-state index in [9.17, 15) is 9.90 Å². The van der Waals surface area contributed by atoms with E-state index in [4.69, 9.17) is 4.74 Å². The van der Waals surface area contributed by atoms with E-state index in [-0.39, 0.29) is 36.7 Å².